The molecule has 0 fully saturated rings. The molecule has 0 atom stereocenters. The number of carboxylic acid groups (broad SMARTS) is 1. The molecule has 0 spiro atoms. The van der Waals surface area contributed by atoms with E-state index in [0.29, 0.717) is 0 Å². The van der Waals surface area contributed by atoms with Gasteiger partial charge in [-0.3, -0.25) is 4.79 Å². The van der Waals surface area contributed by atoms with Gasteiger partial charge in [0.1, 0.15) is 10.3 Å². The van der Waals surface area contributed by atoms with E-state index in [4.69, 9.17) is 5.11 Å². The van der Waals surface area contributed by atoms with Crippen LogP contribution < -0.4 is 0 Å². The molecule has 0 aliphatic rings. The summed E-state index contributed by atoms with van der Waals surface area (Å²) in [4.78, 5) is 29.3. The van der Waals surface area contributed by atoms with Crippen LogP contribution in [0.15, 0.2) is 0 Å². The first kappa shape index (κ1) is 10.7. The largest absolute Gasteiger partial charge is 0.481 e. The highest BCUT2D eigenvalue weighted by atomic mass is 17.0. The van der Waals surface area contributed by atoms with Crippen LogP contribution in [0.5, 0.6) is 0 Å². The second-order valence-corrected chi connectivity index (χ2v) is 2.87. The molecular formula is C6H12NO5+. The Hall–Kier alpha value is -1.33. The summed E-state index contributed by atoms with van der Waals surface area (Å²) in [6, 6.07) is 0. The number of carbonyl (C=O) groups is 1. The van der Waals surface area contributed by atoms with Gasteiger partial charge < -0.3 is 5.11 Å². The van der Waals surface area contributed by atoms with Gasteiger partial charge in [-0.15, -0.1) is 0 Å². The zero-order valence-electron chi connectivity index (χ0n) is 7.23. The molecule has 0 aromatic carbocycles. The first-order valence-corrected chi connectivity index (χ1v) is 3.28. The average Bonchev–Trinajstić information content (AvgIpc) is 2.00. The van der Waals surface area contributed by atoms with Crippen molar-refractivity contribution >= 4 is 5.97 Å². The van der Waals surface area contributed by atoms with Crippen LogP contribution in [0.4, 0.5) is 0 Å². The molecule has 70 valence electrons. The zero-order chi connectivity index (χ0) is 9.78. The van der Waals surface area contributed by atoms with Crippen molar-refractivity contribution in [2.24, 2.45) is 5.41 Å². The maximum Gasteiger partial charge on any atom is 0.477 e. The van der Waals surface area contributed by atoms with Gasteiger partial charge >= 0.3 is 11.1 Å². The van der Waals surface area contributed by atoms with Crippen LogP contribution in [0.3, 0.4) is 0 Å². The molecule has 0 radical (unpaired) electrons. The SMILES string of the molecule is CO[N+](=O)OCC(C)(C)C(=O)O. The molecule has 0 heterocycles. The summed E-state index contributed by atoms with van der Waals surface area (Å²) < 4.78 is 0. The lowest BCUT2D eigenvalue weighted by molar-refractivity contribution is -0.978. The van der Waals surface area contributed by atoms with Gasteiger partial charge in [0.25, 0.3) is 0 Å². The summed E-state index contributed by atoms with van der Waals surface area (Å²) >= 11 is 0. The van der Waals surface area contributed by atoms with Crippen molar-refractivity contribution < 1.29 is 24.7 Å². The minimum absolute atomic E-state index is 0.134. The third kappa shape index (κ3) is 3.18. The molecule has 0 aromatic rings. The molecule has 0 unspecified atom stereocenters. The summed E-state index contributed by atoms with van der Waals surface area (Å²) in [7, 11) is 1.13. The third-order valence-electron chi connectivity index (χ3n) is 1.26. The minimum Gasteiger partial charge on any atom is -0.481 e. The van der Waals surface area contributed by atoms with Crippen molar-refractivity contribution in [3.05, 3.63) is 4.91 Å². The van der Waals surface area contributed by atoms with E-state index >= 15 is 0 Å². The smallest absolute Gasteiger partial charge is 0.477 e. The highest BCUT2D eigenvalue weighted by Crippen LogP contribution is 2.15. The summed E-state index contributed by atoms with van der Waals surface area (Å²) in [5, 5.41) is 8.45. The van der Waals surface area contributed by atoms with Crippen molar-refractivity contribution in [2.45, 2.75) is 13.8 Å². The Kier molecular flexibility index (Phi) is 3.46. The molecule has 6 heteroatoms. The average molecular weight is 178 g/mol. The van der Waals surface area contributed by atoms with Gasteiger partial charge in [0.05, 0.1) is 0 Å². The normalized spacial score (nSPS) is 10.6. The molecule has 0 saturated carbocycles. The van der Waals surface area contributed by atoms with E-state index in [0.717, 1.165) is 7.11 Å². The van der Waals surface area contributed by atoms with E-state index in [1.807, 2.05) is 0 Å². The molecule has 0 amide bonds. The maximum atomic E-state index is 10.5. The van der Waals surface area contributed by atoms with E-state index in [-0.39, 0.29) is 11.7 Å². The molecule has 0 rings (SSSR count). The second kappa shape index (κ2) is 3.89. The van der Waals surface area contributed by atoms with Gasteiger partial charge in [-0.05, 0) is 13.8 Å². The number of hydrogen-bond acceptors (Lipinski definition) is 4. The maximum absolute atomic E-state index is 10.5. The Balaban J connectivity index is 3.92. The molecule has 12 heavy (non-hydrogen) atoms. The lowest BCUT2D eigenvalue weighted by Gasteiger charge is -2.13. The summed E-state index contributed by atoms with van der Waals surface area (Å²) in [6.45, 7) is 2.65. The van der Waals surface area contributed by atoms with Crippen LogP contribution in [0, 0.1) is 10.3 Å². The highest BCUT2D eigenvalue weighted by molar-refractivity contribution is 5.73. The van der Waals surface area contributed by atoms with Crippen LogP contribution in [-0.4, -0.2) is 29.9 Å². The zero-order valence-corrected chi connectivity index (χ0v) is 7.23. The molecule has 0 aliphatic heterocycles. The number of rotatable bonds is 5. The van der Waals surface area contributed by atoms with Crippen LogP contribution >= 0.6 is 0 Å². The summed E-state index contributed by atoms with van der Waals surface area (Å²) in [5.41, 5.74) is -1.10. The molecule has 1 N–H and O–H groups in total. The van der Waals surface area contributed by atoms with Crippen molar-refractivity contribution in [1.29, 1.82) is 0 Å². The van der Waals surface area contributed by atoms with Gasteiger partial charge in [-0.25, -0.2) is 0 Å². The lowest BCUT2D eigenvalue weighted by Crippen LogP contribution is -2.31. The molecule has 0 aromatic heterocycles. The Labute approximate surface area is 69.6 Å². The van der Waals surface area contributed by atoms with Crippen molar-refractivity contribution in [1.82, 2.24) is 0 Å². The highest BCUT2D eigenvalue weighted by Gasteiger charge is 2.32. The molecule has 6 nitrogen and oxygen atoms in total. The van der Waals surface area contributed by atoms with Crippen molar-refractivity contribution in [3.8, 4) is 0 Å². The fourth-order valence-corrected chi connectivity index (χ4v) is 0.329. The quantitative estimate of drug-likeness (QED) is 0.615. The van der Waals surface area contributed by atoms with E-state index in [1.165, 1.54) is 13.8 Å². The standard InChI is InChI=1S/C6H11NO5/c1-6(2,5(8)9)4-12-7(10)11-3/h4H2,1-3H3/p+1. The van der Waals surface area contributed by atoms with E-state index in [2.05, 4.69) is 9.68 Å². The van der Waals surface area contributed by atoms with Gasteiger partial charge in [-0.1, -0.05) is 0 Å². The third-order valence-corrected chi connectivity index (χ3v) is 1.26. The lowest BCUT2D eigenvalue weighted by atomic mass is 9.96. The molecule has 0 saturated heterocycles. The number of carboxylic acids is 1. The molecular weight excluding hydrogens is 166 g/mol. The molecule has 0 aliphatic carbocycles. The van der Waals surface area contributed by atoms with Crippen LogP contribution in [0.1, 0.15) is 13.8 Å². The Morgan fingerprint density at radius 3 is 2.42 bits per heavy atom. The Bertz CT molecular complexity index is 188. The predicted molar refractivity (Wildman–Crippen MR) is 38.0 cm³/mol. The molecule has 0 bridgehead atoms. The van der Waals surface area contributed by atoms with Gasteiger partial charge in [-0.2, -0.15) is 9.68 Å². The van der Waals surface area contributed by atoms with Gasteiger partial charge in [0.15, 0.2) is 13.7 Å². The number of hydrogen-bond donors (Lipinski definition) is 1. The van der Waals surface area contributed by atoms with Gasteiger partial charge in [0, 0.05) is 0 Å². The van der Waals surface area contributed by atoms with Crippen LogP contribution in [-0.2, 0) is 14.5 Å². The van der Waals surface area contributed by atoms with E-state index in [1.54, 1.807) is 0 Å². The van der Waals surface area contributed by atoms with Crippen LogP contribution in [0.2, 0.25) is 0 Å². The van der Waals surface area contributed by atoms with Crippen molar-refractivity contribution in [2.75, 3.05) is 13.7 Å². The fourth-order valence-electron chi connectivity index (χ4n) is 0.329. The first-order valence-electron chi connectivity index (χ1n) is 3.28. The van der Waals surface area contributed by atoms with E-state index in [9.17, 15) is 9.70 Å². The summed E-state index contributed by atoms with van der Waals surface area (Å²) in [5.74, 6) is -1.04. The fraction of sp³-hybridized carbons (Fsp3) is 0.833. The number of aliphatic carboxylic acids is 1. The van der Waals surface area contributed by atoms with Gasteiger partial charge in [0.2, 0.25) is 0 Å². The first-order chi connectivity index (χ1) is 5.40. The van der Waals surface area contributed by atoms with Crippen LogP contribution in [0.25, 0.3) is 0 Å². The predicted octanol–water partition coefficient (Wildman–Crippen LogP) is 0.369. The van der Waals surface area contributed by atoms with E-state index < -0.39 is 11.4 Å². The number of nitrogens with zero attached hydrogens (tertiary/aromatic N) is 1. The second-order valence-electron chi connectivity index (χ2n) is 2.87. The monoisotopic (exact) mass is 178 g/mol. The Morgan fingerprint density at radius 2 is 2.08 bits per heavy atom. The minimum atomic E-state index is -1.10. The van der Waals surface area contributed by atoms with Crippen molar-refractivity contribution in [3.63, 3.8) is 0 Å². The topological polar surface area (TPSA) is 75.8 Å². The summed E-state index contributed by atoms with van der Waals surface area (Å²) in [6.07, 6.45) is 0. The Morgan fingerprint density at radius 1 is 1.58 bits per heavy atom.